The molecule has 7 heteroatoms. The van der Waals surface area contributed by atoms with Crippen LogP contribution in [0.4, 0.5) is 14.6 Å². The summed E-state index contributed by atoms with van der Waals surface area (Å²) in [5.74, 6) is -0.569. The molecular formula is C12H10BrF2N3S. The molecule has 0 atom stereocenters. The molecule has 1 heterocycles. The molecule has 0 radical (unpaired) electrons. The van der Waals surface area contributed by atoms with Crippen molar-refractivity contribution in [3.05, 3.63) is 40.6 Å². The van der Waals surface area contributed by atoms with Crippen molar-refractivity contribution in [2.75, 3.05) is 11.9 Å². The fourth-order valence-corrected chi connectivity index (χ4v) is 2.75. The second-order valence-corrected chi connectivity index (χ2v) is 5.37. The number of hydrogen-bond donors (Lipinski definition) is 1. The minimum Gasteiger partial charge on any atom is -0.369 e. The summed E-state index contributed by atoms with van der Waals surface area (Å²) in [6.07, 6.45) is 1.40. The molecule has 0 saturated carbocycles. The summed E-state index contributed by atoms with van der Waals surface area (Å²) in [7, 11) is 0. The number of rotatable bonds is 4. The van der Waals surface area contributed by atoms with Gasteiger partial charge in [-0.3, -0.25) is 0 Å². The Morgan fingerprint density at radius 2 is 2.11 bits per heavy atom. The van der Waals surface area contributed by atoms with Crippen LogP contribution >= 0.6 is 27.7 Å². The highest BCUT2D eigenvalue weighted by molar-refractivity contribution is 9.10. The van der Waals surface area contributed by atoms with Crippen molar-refractivity contribution >= 4 is 33.5 Å². The first kappa shape index (κ1) is 14.2. The maximum Gasteiger partial charge on any atom is 0.144 e. The summed E-state index contributed by atoms with van der Waals surface area (Å²) in [6, 6.07) is 3.45. The van der Waals surface area contributed by atoms with Crippen LogP contribution in [0.5, 0.6) is 0 Å². The van der Waals surface area contributed by atoms with Crippen LogP contribution in [0.1, 0.15) is 6.92 Å². The zero-order valence-electron chi connectivity index (χ0n) is 9.95. The predicted molar refractivity (Wildman–Crippen MR) is 74.4 cm³/mol. The molecule has 0 fully saturated rings. The lowest BCUT2D eigenvalue weighted by atomic mass is 10.3. The Morgan fingerprint density at radius 3 is 2.79 bits per heavy atom. The second-order valence-electron chi connectivity index (χ2n) is 3.55. The maximum absolute atomic E-state index is 13.6. The molecule has 0 spiro atoms. The second kappa shape index (κ2) is 6.29. The van der Waals surface area contributed by atoms with Gasteiger partial charge in [0.05, 0.1) is 4.47 Å². The van der Waals surface area contributed by atoms with Crippen LogP contribution in [0.15, 0.2) is 38.9 Å². The Kier molecular flexibility index (Phi) is 4.71. The van der Waals surface area contributed by atoms with Crippen LogP contribution < -0.4 is 5.32 Å². The highest BCUT2D eigenvalue weighted by atomic mass is 79.9. The minimum absolute atomic E-state index is 0.309. The first-order valence-corrected chi connectivity index (χ1v) is 7.10. The molecule has 1 N–H and O–H groups in total. The summed E-state index contributed by atoms with van der Waals surface area (Å²) in [6.45, 7) is 2.66. The number of hydrogen-bond acceptors (Lipinski definition) is 4. The van der Waals surface area contributed by atoms with Crippen molar-refractivity contribution in [3.63, 3.8) is 0 Å². The van der Waals surface area contributed by atoms with E-state index in [2.05, 4.69) is 31.2 Å². The number of aromatic nitrogens is 2. The fraction of sp³-hybridized carbons (Fsp3) is 0.167. The molecule has 19 heavy (non-hydrogen) atoms. The third kappa shape index (κ3) is 3.42. The van der Waals surface area contributed by atoms with Crippen LogP contribution in [0.3, 0.4) is 0 Å². The largest absolute Gasteiger partial charge is 0.369 e. The highest BCUT2D eigenvalue weighted by Crippen LogP contribution is 2.35. The van der Waals surface area contributed by atoms with Gasteiger partial charge in [0.1, 0.15) is 28.8 Å². The van der Waals surface area contributed by atoms with Crippen molar-refractivity contribution in [2.45, 2.75) is 16.8 Å². The van der Waals surface area contributed by atoms with Gasteiger partial charge in [0, 0.05) is 17.5 Å². The lowest BCUT2D eigenvalue weighted by Crippen LogP contribution is -2.01. The van der Waals surface area contributed by atoms with Crippen molar-refractivity contribution < 1.29 is 8.78 Å². The molecule has 0 saturated heterocycles. The van der Waals surface area contributed by atoms with Gasteiger partial charge in [0.2, 0.25) is 0 Å². The average Bonchev–Trinajstić information content (AvgIpc) is 2.37. The average molecular weight is 346 g/mol. The van der Waals surface area contributed by atoms with E-state index in [1.165, 1.54) is 18.5 Å². The summed E-state index contributed by atoms with van der Waals surface area (Å²) < 4.78 is 27.1. The zero-order chi connectivity index (χ0) is 13.8. The molecule has 100 valence electrons. The number of nitrogens with zero attached hydrogens (tertiary/aromatic N) is 2. The zero-order valence-corrected chi connectivity index (χ0v) is 12.4. The van der Waals surface area contributed by atoms with Crippen LogP contribution in [-0.2, 0) is 0 Å². The van der Waals surface area contributed by atoms with E-state index >= 15 is 0 Å². The van der Waals surface area contributed by atoms with Gasteiger partial charge in [0.25, 0.3) is 0 Å². The Bertz CT molecular complexity index is 595. The van der Waals surface area contributed by atoms with Gasteiger partial charge in [-0.25, -0.2) is 18.7 Å². The van der Waals surface area contributed by atoms with Gasteiger partial charge in [-0.05, 0) is 35.0 Å². The van der Waals surface area contributed by atoms with E-state index in [1.807, 2.05) is 6.92 Å². The highest BCUT2D eigenvalue weighted by Gasteiger charge is 2.12. The minimum atomic E-state index is -0.611. The molecule has 2 rings (SSSR count). The fourth-order valence-electron chi connectivity index (χ4n) is 1.38. The number of nitrogens with one attached hydrogen (secondary N) is 1. The van der Waals surface area contributed by atoms with Crippen LogP contribution in [0, 0.1) is 11.6 Å². The Labute approximate surface area is 122 Å². The van der Waals surface area contributed by atoms with E-state index in [0.29, 0.717) is 26.8 Å². The Hall–Kier alpha value is -1.21. The number of halogens is 3. The van der Waals surface area contributed by atoms with E-state index in [4.69, 9.17) is 0 Å². The number of anilines is 1. The third-order valence-electron chi connectivity index (χ3n) is 2.20. The summed E-state index contributed by atoms with van der Waals surface area (Å²) in [4.78, 5) is 8.46. The topological polar surface area (TPSA) is 37.8 Å². The first-order valence-electron chi connectivity index (χ1n) is 5.49. The van der Waals surface area contributed by atoms with Crippen molar-refractivity contribution in [3.8, 4) is 0 Å². The van der Waals surface area contributed by atoms with E-state index in [1.54, 1.807) is 0 Å². The van der Waals surface area contributed by atoms with E-state index in [-0.39, 0.29) is 0 Å². The molecule has 0 aliphatic heterocycles. The quantitative estimate of drug-likeness (QED) is 0.846. The molecule has 0 aliphatic carbocycles. The maximum atomic E-state index is 13.6. The Balaban J connectivity index is 2.30. The first-order chi connectivity index (χ1) is 9.11. The third-order valence-corrected chi connectivity index (χ3v) is 4.27. The SMILES string of the molecule is CCNc1ncnc(Sc2ccc(F)cc2F)c1Br. The van der Waals surface area contributed by atoms with Gasteiger partial charge in [0.15, 0.2) is 0 Å². The van der Waals surface area contributed by atoms with Gasteiger partial charge in [-0.1, -0.05) is 11.8 Å². The predicted octanol–water partition coefficient (Wildman–Crippen LogP) is 4.10. The number of benzene rings is 1. The van der Waals surface area contributed by atoms with E-state index in [0.717, 1.165) is 17.8 Å². The molecule has 3 nitrogen and oxygen atoms in total. The van der Waals surface area contributed by atoms with Gasteiger partial charge in [-0.2, -0.15) is 0 Å². The molecule has 1 aromatic carbocycles. The Morgan fingerprint density at radius 1 is 1.32 bits per heavy atom. The van der Waals surface area contributed by atoms with Crippen LogP contribution in [0.2, 0.25) is 0 Å². The molecule has 2 aromatic rings. The summed E-state index contributed by atoms with van der Waals surface area (Å²) in [5.41, 5.74) is 0. The van der Waals surface area contributed by atoms with Gasteiger partial charge < -0.3 is 5.32 Å². The molecular weight excluding hydrogens is 336 g/mol. The summed E-state index contributed by atoms with van der Waals surface area (Å²) in [5, 5.41) is 3.63. The standard InChI is InChI=1S/C12H10BrF2N3S/c1-2-16-11-10(13)12(18-6-17-11)19-9-4-3-7(14)5-8(9)15/h3-6H,2H2,1H3,(H,16,17,18). The molecule has 0 aliphatic rings. The normalized spacial score (nSPS) is 10.5. The van der Waals surface area contributed by atoms with E-state index < -0.39 is 11.6 Å². The van der Waals surface area contributed by atoms with Crippen LogP contribution in [0.25, 0.3) is 0 Å². The van der Waals surface area contributed by atoms with Crippen LogP contribution in [-0.4, -0.2) is 16.5 Å². The van der Waals surface area contributed by atoms with Gasteiger partial charge in [-0.15, -0.1) is 0 Å². The lowest BCUT2D eigenvalue weighted by Gasteiger charge is -2.08. The van der Waals surface area contributed by atoms with Gasteiger partial charge >= 0.3 is 0 Å². The summed E-state index contributed by atoms with van der Waals surface area (Å²) >= 11 is 4.48. The monoisotopic (exact) mass is 345 g/mol. The van der Waals surface area contributed by atoms with E-state index in [9.17, 15) is 8.78 Å². The molecule has 0 amide bonds. The van der Waals surface area contributed by atoms with Crippen molar-refractivity contribution in [1.29, 1.82) is 0 Å². The van der Waals surface area contributed by atoms with Crippen molar-refractivity contribution in [2.24, 2.45) is 0 Å². The van der Waals surface area contributed by atoms with Crippen molar-refractivity contribution in [1.82, 2.24) is 9.97 Å². The molecule has 1 aromatic heterocycles. The molecule has 0 unspecified atom stereocenters. The smallest absolute Gasteiger partial charge is 0.144 e. The molecule has 0 bridgehead atoms. The lowest BCUT2D eigenvalue weighted by molar-refractivity contribution is 0.565.